The van der Waals surface area contributed by atoms with Crippen molar-refractivity contribution in [2.45, 2.75) is 117 Å². The third-order valence-electron chi connectivity index (χ3n) is 9.12. The van der Waals surface area contributed by atoms with Gasteiger partial charge in [0.1, 0.15) is 5.75 Å². The third kappa shape index (κ3) is 10.8. The van der Waals surface area contributed by atoms with E-state index in [1.54, 1.807) is 0 Å². The molecule has 0 bridgehead atoms. The smallest absolute Gasteiger partial charge is 0.391 e. The topological polar surface area (TPSA) is 49.7 Å². The SMILES string of the molecule is CCCCCCCCCc1ccccc1-c1cccc(-c2ccccc2OP(O)O)c1-c1ccccc1CCCCCCCCC. The first-order valence-corrected chi connectivity index (χ1v) is 19.0. The molecule has 4 aromatic carbocycles. The molecule has 0 fully saturated rings. The molecule has 0 heterocycles. The molecule has 46 heavy (non-hydrogen) atoms. The molecule has 0 saturated carbocycles. The highest BCUT2D eigenvalue weighted by Crippen LogP contribution is 2.46. The molecule has 0 saturated heterocycles. The monoisotopic (exact) mass is 638 g/mol. The lowest BCUT2D eigenvalue weighted by molar-refractivity contribution is 0.375. The van der Waals surface area contributed by atoms with Gasteiger partial charge in [-0.1, -0.05) is 176 Å². The molecule has 0 spiro atoms. The van der Waals surface area contributed by atoms with Crippen LogP contribution in [0.15, 0.2) is 91.0 Å². The highest BCUT2D eigenvalue weighted by atomic mass is 31.2. The van der Waals surface area contributed by atoms with Crippen molar-refractivity contribution in [1.29, 1.82) is 0 Å². The molecule has 0 aliphatic rings. The van der Waals surface area contributed by atoms with Gasteiger partial charge in [-0.2, -0.15) is 0 Å². The Bertz CT molecular complexity index is 1450. The van der Waals surface area contributed by atoms with E-state index in [1.165, 1.54) is 123 Å². The molecule has 0 atom stereocenters. The van der Waals surface area contributed by atoms with Gasteiger partial charge in [-0.15, -0.1) is 0 Å². The lowest BCUT2D eigenvalue weighted by Crippen LogP contribution is -1.99. The van der Waals surface area contributed by atoms with E-state index in [0.717, 1.165) is 24.0 Å². The Labute approximate surface area is 280 Å². The highest BCUT2D eigenvalue weighted by molar-refractivity contribution is 7.39. The molecule has 0 aliphatic heterocycles. The van der Waals surface area contributed by atoms with Crippen LogP contribution in [0.25, 0.3) is 33.4 Å². The minimum Gasteiger partial charge on any atom is -0.426 e. The minimum absolute atomic E-state index is 0.484. The fraction of sp³-hybridized carbons (Fsp3) is 0.429. The second-order valence-corrected chi connectivity index (χ2v) is 13.3. The number of hydrogen-bond acceptors (Lipinski definition) is 3. The quantitative estimate of drug-likeness (QED) is 0.0705. The average Bonchev–Trinajstić information content (AvgIpc) is 3.07. The van der Waals surface area contributed by atoms with Crippen molar-refractivity contribution < 1.29 is 14.3 Å². The van der Waals surface area contributed by atoms with Gasteiger partial charge in [0.15, 0.2) is 0 Å². The Kier molecular flexibility index (Phi) is 15.8. The van der Waals surface area contributed by atoms with Gasteiger partial charge in [0, 0.05) is 5.56 Å². The number of rotatable bonds is 21. The van der Waals surface area contributed by atoms with Crippen molar-refractivity contribution in [3.8, 4) is 39.1 Å². The van der Waals surface area contributed by atoms with Gasteiger partial charge in [0.05, 0.1) is 0 Å². The van der Waals surface area contributed by atoms with Crippen LogP contribution in [0.2, 0.25) is 0 Å². The van der Waals surface area contributed by atoms with Crippen LogP contribution in [0.3, 0.4) is 0 Å². The first kappa shape index (κ1) is 35.9. The molecule has 4 heteroatoms. The summed E-state index contributed by atoms with van der Waals surface area (Å²) in [7, 11) is -2.54. The molecule has 2 N–H and O–H groups in total. The number of para-hydroxylation sites is 1. The second-order valence-electron chi connectivity index (χ2n) is 12.6. The molecule has 0 amide bonds. The molecule has 4 aromatic rings. The van der Waals surface area contributed by atoms with Crippen molar-refractivity contribution in [1.82, 2.24) is 0 Å². The van der Waals surface area contributed by atoms with Gasteiger partial charge >= 0.3 is 8.60 Å². The van der Waals surface area contributed by atoms with E-state index in [9.17, 15) is 9.79 Å². The lowest BCUT2D eigenvalue weighted by atomic mass is 9.83. The van der Waals surface area contributed by atoms with Crippen molar-refractivity contribution in [2.24, 2.45) is 0 Å². The Hall–Kier alpha value is -2.97. The molecule has 0 unspecified atom stereocenters. The van der Waals surface area contributed by atoms with E-state index in [-0.39, 0.29) is 0 Å². The van der Waals surface area contributed by atoms with Crippen LogP contribution in [0.5, 0.6) is 5.75 Å². The van der Waals surface area contributed by atoms with Gasteiger partial charge in [-0.25, -0.2) is 0 Å². The maximum atomic E-state index is 9.83. The predicted molar refractivity (Wildman–Crippen MR) is 198 cm³/mol. The summed E-state index contributed by atoms with van der Waals surface area (Å²) in [4.78, 5) is 19.7. The third-order valence-corrected chi connectivity index (χ3v) is 9.48. The first-order valence-electron chi connectivity index (χ1n) is 17.9. The fourth-order valence-corrected chi connectivity index (χ4v) is 7.01. The van der Waals surface area contributed by atoms with Gasteiger partial charge < -0.3 is 14.3 Å². The summed E-state index contributed by atoms with van der Waals surface area (Å²) in [6.45, 7) is 4.55. The van der Waals surface area contributed by atoms with Gasteiger partial charge in [0.2, 0.25) is 0 Å². The Morgan fingerprint density at radius 2 is 0.848 bits per heavy atom. The summed E-state index contributed by atoms with van der Waals surface area (Å²) in [5, 5.41) is 0. The maximum Gasteiger partial charge on any atom is 0.391 e. The summed E-state index contributed by atoms with van der Waals surface area (Å²) in [6.07, 6.45) is 20.2. The van der Waals surface area contributed by atoms with Crippen LogP contribution >= 0.6 is 8.60 Å². The summed E-state index contributed by atoms with van der Waals surface area (Å²) < 4.78 is 5.59. The standard InChI is InChI=1S/C42H55O3P/c1-3-5-7-9-11-13-15-24-34-26-17-19-28-36(34)39-31-23-32-40(38-30-21-22-33-41(38)45-46(43)44)42(39)37-29-20-18-27-35(37)25-16-14-12-10-8-6-4-2/h17-23,26-33,43-44H,3-16,24-25H2,1-2H3. The van der Waals surface area contributed by atoms with E-state index >= 15 is 0 Å². The number of unbranched alkanes of at least 4 members (excludes halogenated alkanes) is 12. The highest BCUT2D eigenvalue weighted by Gasteiger charge is 2.21. The average molecular weight is 639 g/mol. The van der Waals surface area contributed by atoms with E-state index in [0.29, 0.717) is 5.75 Å². The lowest BCUT2D eigenvalue weighted by Gasteiger charge is -2.22. The summed E-state index contributed by atoms with van der Waals surface area (Å²) in [6, 6.07) is 32.1. The normalized spacial score (nSPS) is 11.3. The molecule has 246 valence electrons. The molecule has 0 aromatic heterocycles. The number of aryl methyl sites for hydroxylation is 2. The van der Waals surface area contributed by atoms with Crippen LogP contribution in [-0.4, -0.2) is 9.79 Å². The Balaban J connectivity index is 1.73. The van der Waals surface area contributed by atoms with E-state index in [1.807, 2.05) is 24.3 Å². The van der Waals surface area contributed by atoms with E-state index in [4.69, 9.17) is 4.52 Å². The Morgan fingerprint density at radius 3 is 1.41 bits per heavy atom. The number of hydrogen-bond donors (Lipinski definition) is 2. The predicted octanol–water partition coefficient (Wildman–Crippen LogP) is 12.9. The molecular weight excluding hydrogens is 583 g/mol. The second kappa shape index (κ2) is 20.3. The van der Waals surface area contributed by atoms with Crippen LogP contribution < -0.4 is 4.52 Å². The zero-order valence-electron chi connectivity index (χ0n) is 28.2. The zero-order valence-corrected chi connectivity index (χ0v) is 29.1. The molecule has 4 rings (SSSR count). The van der Waals surface area contributed by atoms with Crippen molar-refractivity contribution in [3.63, 3.8) is 0 Å². The maximum absolute atomic E-state index is 9.83. The first-order chi connectivity index (χ1) is 22.6. The van der Waals surface area contributed by atoms with E-state index in [2.05, 4.69) is 80.6 Å². The molecule has 0 aliphatic carbocycles. The van der Waals surface area contributed by atoms with Crippen molar-refractivity contribution in [3.05, 3.63) is 102 Å². The van der Waals surface area contributed by atoms with Gasteiger partial charge in [-0.05, 0) is 70.7 Å². The van der Waals surface area contributed by atoms with Crippen LogP contribution in [0.4, 0.5) is 0 Å². The zero-order chi connectivity index (χ0) is 32.4. The van der Waals surface area contributed by atoms with Crippen LogP contribution in [0, 0.1) is 0 Å². The van der Waals surface area contributed by atoms with Crippen molar-refractivity contribution >= 4 is 8.60 Å². The number of benzene rings is 4. The van der Waals surface area contributed by atoms with E-state index < -0.39 is 8.60 Å². The minimum atomic E-state index is -2.54. The van der Waals surface area contributed by atoms with Crippen LogP contribution in [-0.2, 0) is 12.8 Å². The fourth-order valence-electron chi connectivity index (χ4n) is 6.68. The van der Waals surface area contributed by atoms with Gasteiger partial charge in [-0.3, -0.25) is 0 Å². The van der Waals surface area contributed by atoms with Crippen LogP contribution in [0.1, 0.15) is 115 Å². The summed E-state index contributed by atoms with van der Waals surface area (Å²) >= 11 is 0. The van der Waals surface area contributed by atoms with Crippen molar-refractivity contribution in [2.75, 3.05) is 0 Å². The van der Waals surface area contributed by atoms with Gasteiger partial charge in [0.25, 0.3) is 0 Å². The molecular formula is C42H55O3P. The summed E-state index contributed by atoms with van der Waals surface area (Å²) in [5.41, 5.74) is 9.58. The molecule has 0 radical (unpaired) electrons. The molecule has 3 nitrogen and oxygen atoms in total. The summed E-state index contributed by atoms with van der Waals surface area (Å²) in [5.74, 6) is 0.484. The Morgan fingerprint density at radius 1 is 0.435 bits per heavy atom. The largest absolute Gasteiger partial charge is 0.426 e.